The van der Waals surface area contributed by atoms with E-state index in [-0.39, 0.29) is 17.4 Å². The van der Waals surface area contributed by atoms with E-state index < -0.39 is 0 Å². The van der Waals surface area contributed by atoms with E-state index in [1.165, 1.54) is 18.2 Å². The Balaban J connectivity index is 2.07. The normalized spacial score (nSPS) is 11.2. The van der Waals surface area contributed by atoms with Gasteiger partial charge in [-0.1, -0.05) is 0 Å². The molecule has 0 radical (unpaired) electrons. The van der Waals surface area contributed by atoms with E-state index in [2.05, 4.69) is 5.10 Å². The predicted octanol–water partition coefficient (Wildman–Crippen LogP) is 3.33. The highest BCUT2D eigenvalue weighted by Gasteiger charge is 2.19. The maximum absolute atomic E-state index is 13.2. The number of carbonyl (C=O) groups is 1. The number of nitrogens with zero attached hydrogens (tertiary/aromatic N) is 2. The van der Waals surface area contributed by atoms with E-state index in [4.69, 9.17) is 4.42 Å². The van der Waals surface area contributed by atoms with Gasteiger partial charge in [0.2, 0.25) is 5.78 Å². The number of aromatic nitrogens is 2. The number of ketones is 1. The average Bonchev–Trinajstić information content (AvgIpc) is 3.00. The van der Waals surface area contributed by atoms with Gasteiger partial charge in [0.05, 0.1) is 5.69 Å². The molecule has 0 aliphatic heterocycles. The van der Waals surface area contributed by atoms with Crippen LogP contribution in [0.4, 0.5) is 4.39 Å². The first-order chi connectivity index (χ1) is 9.58. The fourth-order valence-corrected chi connectivity index (χ4v) is 2.22. The third-order valence-electron chi connectivity index (χ3n) is 3.14. The van der Waals surface area contributed by atoms with Gasteiger partial charge in [0.1, 0.15) is 17.1 Å². The van der Waals surface area contributed by atoms with Crippen molar-refractivity contribution in [2.75, 3.05) is 0 Å². The Morgan fingerprint density at radius 2 is 2.15 bits per heavy atom. The Hall–Kier alpha value is -2.43. The molecule has 0 bridgehead atoms. The molecular formula is C15H13FN2O2. The van der Waals surface area contributed by atoms with Crippen molar-refractivity contribution in [2.24, 2.45) is 0 Å². The lowest BCUT2D eigenvalue weighted by Gasteiger charge is -2.00. The van der Waals surface area contributed by atoms with E-state index in [1.54, 1.807) is 16.8 Å². The Kier molecular flexibility index (Phi) is 2.89. The van der Waals surface area contributed by atoms with Crippen molar-refractivity contribution in [3.8, 4) is 0 Å². The summed E-state index contributed by atoms with van der Waals surface area (Å²) in [5.41, 5.74) is 1.75. The highest BCUT2D eigenvalue weighted by atomic mass is 19.1. The molecule has 20 heavy (non-hydrogen) atoms. The van der Waals surface area contributed by atoms with E-state index in [0.29, 0.717) is 23.2 Å². The van der Waals surface area contributed by atoms with Gasteiger partial charge in [0.25, 0.3) is 0 Å². The molecule has 0 saturated carbocycles. The topological polar surface area (TPSA) is 48.0 Å². The summed E-state index contributed by atoms with van der Waals surface area (Å²) in [5, 5.41) is 4.81. The SMILES string of the molecule is CCn1nc(C)cc1C(=O)c1cc2cc(F)ccc2o1. The van der Waals surface area contributed by atoms with Gasteiger partial charge in [-0.05, 0) is 44.2 Å². The molecule has 4 nitrogen and oxygen atoms in total. The van der Waals surface area contributed by atoms with Crippen LogP contribution in [0.3, 0.4) is 0 Å². The van der Waals surface area contributed by atoms with Crippen LogP contribution in [0.5, 0.6) is 0 Å². The average molecular weight is 272 g/mol. The van der Waals surface area contributed by atoms with Crippen LogP contribution in [0, 0.1) is 12.7 Å². The number of benzene rings is 1. The van der Waals surface area contributed by atoms with Crippen LogP contribution in [0.2, 0.25) is 0 Å². The minimum atomic E-state index is -0.355. The van der Waals surface area contributed by atoms with Crippen molar-refractivity contribution in [2.45, 2.75) is 20.4 Å². The molecule has 2 aromatic heterocycles. The second kappa shape index (κ2) is 4.59. The fraction of sp³-hybridized carbons (Fsp3) is 0.200. The molecule has 0 amide bonds. The van der Waals surface area contributed by atoms with E-state index in [9.17, 15) is 9.18 Å². The van der Waals surface area contributed by atoms with Gasteiger partial charge in [-0.2, -0.15) is 5.10 Å². The van der Waals surface area contributed by atoms with Gasteiger partial charge in [-0.15, -0.1) is 0 Å². The fourth-order valence-electron chi connectivity index (χ4n) is 2.22. The molecule has 0 N–H and O–H groups in total. The maximum Gasteiger partial charge on any atom is 0.246 e. The molecular weight excluding hydrogens is 259 g/mol. The first-order valence-electron chi connectivity index (χ1n) is 6.36. The minimum absolute atomic E-state index is 0.195. The zero-order valence-electron chi connectivity index (χ0n) is 11.2. The van der Waals surface area contributed by atoms with Crippen molar-refractivity contribution >= 4 is 16.8 Å². The van der Waals surface area contributed by atoms with Crippen LogP contribution in [0.15, 0.2) is 34.7 Å². The first-order valence-corrected chi connectivity index (χ1v) is 6.36. The van der Waals surface area contributed by atoms with Crippen molar-refractivity contribution in [1.29, 1.82) is 0 Å². The standard InChI is InChI=1S/C15H13FN2O2/c1-3-18-12(6-9(2)17-18)15(19)14-8-10-7-11(16)4-5-13(10)20-14/h4-8H,3H2,1-2H3. The third-order valence-corrected chi connectivity index (χ3v) is 3.14. The molecule has 5 heteroatoms. The summed E-state index contributed by atoms with van der Waals surface area (Å²) in [6.45, 7) is 4.35. The van der Waals surface area contributed by atoms with Crippen molar-refractivity contribution in [3.63, 3.8) is 0 Å². The summed E-state index contributed by atoms with van der Waals surface area (Å²) >= 11 is 0. The summed E-state index contributed by atoms with van der Waals surface area (Å²) in [5.74, 6) is -0.406. The number of rotatable bonds is 3. The molecule has 0 saturated heterocycles. The van der Waals surface area contributed by atoms with Gasteiger partial charge in [0, 0.05) is 11.9 Å². The molecule has 3 rings (SSSR count). The van der Waals surface area contributed by atoms with Crippen molar-refractivity contribution in [1.82, 2.24) is 9.78 Å². The van der Waals surface area contributed by atoms with E-state index in [0.717, 1.165) is 5.69 Å². The molecule has 0 aliphatic rings. The molecule has 1 aromatic carbocycles. The number of hydrogen-bond donors (Lipinski definition) is 0. The molecule has 3 aromatic rings. The van der Waals surface area contributed by atoms with E-state index >= 15 is 0 Å². The van der Waals surface area contributed by atoms with Crippen molar-refractivity contribution in [3.05, 3.63) is 53.3 Å². The van der Waals surface area contributed by atoms with Gasteiger partial charge in [0.15, 0.2) is 5.76 Å². The highest BCUT2D eigenvalue weighted by molar-refractivity contribution is 6.08. The summed E-state index contributed by atoms with van der Waals surface area (Å²) in [4.78, 5) is 12.4. The summed E-state index contributed by atoms with van der Waals surface area (Å²) in [7, 11) is 0. The molecule has 102 valence electrons. The van der Waals surface area contributed by atoms with Gasteiger partial charge in [-0.25, -0.2) is 4.39 Å². The minimum Gasteiger partial charge on any atom is -0.453 e. The lowest BCUT2D eigenvalue weighted by atomic mass is 10.2. The van der Waals surface area contributed by atoms with Crippen LogP contribution in [0.1, 0.15) is 28.9 Å². The van der Waals surface area contributed by atoms with E-state index in [1.807, 2.05) is 13.8 Å². The smallest absolute Gasteiger partial charge is 0.246 e. The Bertz CT molecular complexity index is 801. The van der Waals surface area contributed by atoms with Crippen LogP contribution in [-0.4, -0.2) is 15.6 Å². The zero-order chi connectivity index (χ0) is 14.3. The zero-order valence-corrected chi connectivity index (χ0v) is 11.2. The molecule has 2 heterocycles. The van der Waals surface area contributed by atoms with Crippen LogP contribution in [-0.2, 0) is 6.54 Å². The Morgan fingerprint density at radius 1 is 1.35 bits per heavy atom. The van der Waals surface area contributed by atoms with Crippen molar-refractivity contribution < 1.29 is 13.6 Å². The number of carbonyl (C=O) groups excluding carboxylic acids is 1. The van der Waals surface area contributed by atoms with Crippen LogP contribution < -0.4 is 0 Å². The number of aryl methyl sites for hydroxylation is 2. The van der Waals surface area contributed by atoms with Crippen LogP contribution in [0.25, 0.3) is 11.0 Å². The first kappa shape index (κ1) is 12.6. The second-order valence-corrected chi connectivity index (χ2v) is 4.61. The summed E-state index contributed by atoms with van der Waals surface area (Å²) in [6, 6.07) is 7.45. The predicted molar refractivity (Wildman–Crippen MR) is 72.2 cm³/mol. The molecule has 0 aliphatic carbocycles. The van der Waals surface area contributed by atoms with Gasteiger partial charge in [-0.3, -0.25) is 9.48 Å². The third kappa shape index (κ3) is 2.01. The Morgan fingerprint density at radius 3 is 2.90 bits per heavy atom. The van der Waals surface area contributed by atoms with Gasteiger partial charge < -0.3 is 4.42 Å². The number of fused-ring (bicyclic) bond motifs is 1. The monoisotopic (exact) mass is 272 g/mol. The second-order valence-electron chi connectivity index (χ2n) is 4.61. The summed E-state index contributed by atoms with van der Waals surface area (Å²) in [6.07, 6.45) is 0. The lowest BCUT2D eigenvalue weighted by molar-refractivity contribution is 0.100. The summed E-state index contributed by atoms with van der Waals surface area (Å²) < 4.78 is 20.3. The molecule has 0 unspecified atom stereocenters. The number of furan rings is 1. The highest BCUT2D eigenvalue weighted by Crippen LogP contribution is 2.22. The molecule has 0 atom stereocenters. The largest absolute Gasteiger partial charge is 0.453 e. The van der Waals surface area contributed by atoms with Crippen LogP contribution >= 0.6 is 0 Å². The number of halogens is 1. The molecule has 0 spiro atoms. The van der Waals surface area contributed by atoms with Gasteiger partial charge >= 0.3 is 0 Å². The maximum atomic E-state index is 13.2. The Labute approximate surface area is 114 Å². The number of hydrogen-bond acceptors (Lipinski definition) is 3. The molecule has 0 fully saturated rings. The quantitative estimate of drug-likeness (QED) is 0.687. The lowest BCUT2D eigenvalue weighted by Crippen LogP contribution is -2.09.